The lowest BCUT2D eigenvalue weighted by Crippen LogP contribution is -2.24. The van der Waals surface area contributed by atoms with E-state index in [-0.39, 0.29) is 25.4 Å². The summed E-state index contributed by atoms with van der Waals surface area (Å²) >= 11 is 0. The van der Waals surface area contributed by atoms with Gasteiger partial charge in [-0.15, -0.1) is 12.4 Å². The number of carboxylic acid groups (broad SMARTS) is 1. The van der Waals surface area contributed by atoms with Crippen LogP contribution in [-0.2, 0) is 9.63 Å². The van der Waals surface area contributed by atoms with Gasteiger partial charge in [0.05, 0.1) is 13.0 Å². The van der Waals surface area contributed by atoms with Gasteiger partial charge in [0.2, 0.25) is 0 Å². The second-order valence-electron chi connectivity index (χ2n) is 2.09. The Morgan fingerprint density at radius 1 is 1.42 bits per heavy atom. The molecule has 0 amide bonds. The standard InChI is InChI=1S/C7H15NO3.ClH/c1-3-8(4-2)11-6-5-7(9)10;/h3-6H2,1-2H3,(H,9,10);1H. The Morgan fingerprint density at radius 3 is 2.25 bits per heavy atom. The third-order valence-electron chi connectivity index (χ3n) is 1.30. The Morgan fingerprint density at radius 2 is 1.92 bits per heavy atom. The highest BCUT2D eigenvalue weighted by molar-refractivity contribution is 5.85. The number of halogens is 1. The number of rotatable bonds is 6. The maximum absolute atomic E-state index is 10.1. The smallest absolute Gasteiger partial charge is 0.305 e. The fourth-order valence-corrected chi connectivity index (χ4v) is 0.668. The van der Waals surface area contributed by atoms with Crippen molar-refractivity contribution in [2.75, 3.05) is 19.7 Å². The van der Waals surface area contributed by atoms with Crippen molar-refractivity contribution in [1.82, 2.24) is 5.06 Å². The van der Waals surface area contributed by atoms with Crippen molar-refractivity contribution in [2.45, 2.75) is 20.3 Å². The van der Waals surface area contributed by atoms with Gasteiger partial charge in [0.25, 0.3) is 0 Å². The van der Waals surface area contributed by atoms with Crippen LogP contribution in [0.25, 0.3) is 0 Å². The summed E-state index contributed by atoms with van der Waals surface area (Å²) in [5.74, 6) is -0.822. The molecule has 1 N–H and O–H groups in total. The van der Waals surface area contributed by atoms with Crippen LogP contribution in [0.1, 0.15) is 20.3 Å². The maximum atomic E-state index is 10.1. The molecule has 0 fully saturated rings. The van der Waals surface area contributed by atoms with Gasteiger partial charge in [-0.3, -0.25) is 9.63 Å². The molecule has 0 atom stereocenters. The molecule has 0 aliphatic heterocycles. The Bertz CT molecular complexity index is 117. The second kappa shape index (κ2) is 8.77. The van der Waals surface area contributed by atoms with Crippen molar-refractivity contribution in [3.63, 3.8) is 0 Å². The predicted molar refractivity (Wildman–Crippen MR) is 48.4 cm³/mol. The van der Waals surface area contributed by atoms with Crippen LogP contribution in [-0.4, -0.2) is 35.8 Å². The molecular formula is C7H16ClNO3. The number of carboxylic acids is 1. The van der Waals surface area contributed by atoms with E-state index in [1.165, 1.54) is 0 Å². The van der Waals surface area contributed by atoms with E-state index in [2.05, 4.69) is 0 Å². The summed E-state index contributed by atoms with van der Waals surface area (Å²) in [6, 6.07) is 0. The first-order chi connectivity index (χ1) is 5.20. The third-order valence-corrected chi connectivity index (χ3v) is 1.30. The third kappa shape index (κ3) is 7.78. The summed E-state index contributed by atoms with van der Waals surface area (Å²) in [5.41, 5.74) is 0. The number of hydrogen-bond acceptors (Lipinski definition) is 3. The van der Waals surface area contributed by atoms with Gasteiger partial charge in [-0.1, -0.05) is 13.8 Å². The average molecular weight is 198 g/mol. The number of hydroxylamine groups is 2. The molecule has 0 radical (unpaired) electrons. The lowest BCUT2D eigenvalue weighted by molar-refractivity contribution is -0.163. The minimum Gasteiger partial charge on any atom is -0.481 e. The van der Waals surface area contributed by atoms with Crippen LogP contribution < -0.4 is 0 Å². The van der Waals surface area contributed by atoms with Gasteiger partial charge in [0, 0.05) is 13.1 Å². The van der Waals surface area contributed by atoms with Crippen LogP contribution in [0.15, 0.2) is 0 Å². The van der Waals surface area contributed by atoms with Crippen molar-refractivity contribution in [3.05, 3.63) is 0 Å². The zero-order valence-electron chi connectivity index (χ0n) is 7.45. The summed E-state index contributed by atoms with van der Waals surface area (Å²) in [4.78, 5) is 15.2. The van der Waals surface area contributed by atoms with E-state index in [0.717, 1.165) is 13.1 Å². The molecule has 0 spiro atoms. The summed E-state index contributed by atoms with van der Waals surface area (Å²) < 4.78 is 0. The van der Waals surface area contributed by atoms with E-state index in [9.17, 15) is 4.79 Å². The predicted octanol–water partition coefficient (Wildman–Crippen LogP) is 1.16. The number of nitrogens with zero attached hydrogens (tertiary/aromatic N) is 1. The van der Waals surface area contributed by atoms with E-state index in [1.54, 1.807) is 5.06 Å². The van der Waals surface area contributed by atoms with Crippen molar-refractivity contribution >= 4 is 18.4 Å². The number of carbonyl (C=O) groups is 1. The van der Waals surface area contributed by atoms with Gasteiger partial charge in [-0.05, 0) is 0 Å². The Balaban J connectivity index is 0. The zero-order valence-corrected chi connectivity index (χ0v) is 8.26. The molecule has 0 aliphatic rings. The average Bonchev–Trinajstić information content (AvgIpc) is 1.98. The molecule has 0 saturated heterocycles. The molecule has 12 heavy (non-hydrogen) atoms. The number of aliphatic carboxylic acids is 1. The van der Waals surface area contributed by atoms with Gasteiger partial charge in [-0.2, -0.15) is 5.06 Å². The molecule has 0 bridgehead atoms. The molecule has 0 unspecified atom stereocenters. The van der Waals surface area contributed by atoms with Crippen molar-refractivity contribution in [3.8, 4) is 0 Å². The second-order valence-corrected chi connectivity index (χ2v) is 2.09. The highest BCUT2D eigenvalue weighted by Crippen LogP contribution is 1.90. The molecular weight excluding hydrogens is 182 g/mol. The minimum atomic E-state index is -0.822. The summed E-state index contributed by atoms with van der Waals surface area (Å²) in [6.45, 7) is 5.76. The Kier molecular flexibility index (Phi) is 10.4. The van der Waals surface area contributed by atoms with Gasteiger partial charge < -0.3 is 5.11 Å². The highest BCUT2D eigenvalue weighted by Gasteiger charge is 2.00. The molecule has 0 rings (SSSR count). The van der Waals surface area contributed by atoms with Gasteiger partial charge >= 0.3 is 5.97 Å². The van der Waals surface area contributed by atoms with E-state index < -0.39 is 5.97 Å². The highest BCUT2D eigenvalue weighted by atomic mass is 35.5. The van der Waals surface area contributed by atoms with Crippen LogP contribution in [0.3, 0.4) is 0 Å². The normalized spacial score (nSPS) is 9.58. The topological polar surface area (TPSA) is 49.8 Å². The molecule has 0 aromatic rings. The monoisotopic (exact) mass is 197 g/mol. The van der Waals surface area contributed by atoms with Crippen LogP contribution in [0.5, 0.6) is 0 Å². The Hall–Kier alpha value is -0.320. The Labute approximate surface area is 78.9 Å². The fraction of sp³-hybridized carbons (Fsp3) is 0.857. The van der Waals surface area contributed by atoms with Crippen molar-refractivity contribution in [1.29, 1.82) is 0 Å². The van der Waals surface area contributed by atoms with Crippen LogP contribution >= 0.6 is 12.4 Å². The molecule has 74 valence electrons. The van der Waals surface area contributed by atoms with E-state index in [0.29, 0.717) is 0 Å². The van der Waals surface area contributed by atoms with Crippen LogP contribution in [0.2, 0.25) is 0 Å². The van der Waals surface area contributed by atoms with Crippen LogP contribution in [0, 0.1) is 0 Å². The SMILES string of the molecule is CCN(CC)OCCC(=O)O.Cl. The van der Waals surface area contributed by atoms with Gasteiger partial charge in [0.1, 0.15) is 0 Å². The first-order valence-corrected chi connectivity index (χ1v) is 3.80. The molecule has 5 heteroatoms. The molecule has 0 aromatic heterocycles. The quantitative estimate of drug-likeness (QED) is 0.650. The zero-order chi connectivity index (χ0) is 8.69. The minimum absolute atomic E-state index is 0. The van der Waals surface area contributed by atoms with Crippen molar-refractivity contribution in [2.24, 2.45) is 0 Å². The largest absolute Gasteiger partial charge is 0.481 e. The van der Waals surface area contributed by atoms with Gasteiger partial charge in [0.15, 0.2) is 0 Å². The van der Waals surface area contributed by atoms with E-state index >= 15 is 0 Å². The molecule has 4 nitrogen and oxygen atoms in total. The summed E-state index contributed by atoms with van der Waals surface area (Å²) in [7, 11) is 0. The lowest BCUT2D eigenvalue weighted by Gasteiger charge is -2.16. The lowest BCUT2D eigenvalue weighted by atomic mass is 10.5. The number of hydrogen-bond donors (Lipinski definition) is 1. The fourth-order valence-electron chi connectivity index (χ4n) is 0.668. The molecule has 0 heterocycles. The van der Waals surface area contributed by atoms with Crippen molar-refractivity contribution < 1.29 is 14.7 Å². The summed E-state index contributed by atoms with van der Waals surface area (Å²) in [5, 5.41) is 10.00. The molecule has 0 aliphatic carbocycles. The first-order valence-electron chi connectivity index (χ1n) is 3.80. The van der Waals surface area contributed by atoms with Gasteiger partial charge in [-0.25, -0.2) is 0 Å². The molecule has 0 saturated carbocycles. The van der Waals surface area contributed by atoms with E-state index in [4.69, 9.17) is 9.94 Å². The molecule has 0 aromatic carbocycles. The van der Waals surface area contributed by atoms with Crippen LogP contribution in [0.4, 0.5) is 0 Å². The van der Waals surface area contributed by atoms with E-state index in [1.807, 2.05) is 13.8 Å². The summed E-state index contributed by atoms with van der Waals surface area (Å²) in [6.07, 6.45) is 0.0660. The first kappa shape index (κ1) is 14.2. The maximum Gasteiger partial charge on any atom is 0.305 e.